The maximum absolute atomic E-state index is 5.00. The summed E-state index contributed by atoms with van der Waals surface area (Å²) in [4.78, 5) is 14.8. The molecule has 1 aliphatic heterocycles. The lowest BCUT2D eigenvalue weighted by molar-refractivity contribution is 0.323. The first-order valence-electron chi connectivity index (χ1n) is 9.94. The molecule has 1 saturated heterocycles. The molecule has 0 amide bonds. The third-order valence-corrected chi connectivity index (χ3v) is 7.10. The van der Waals surface area contributed by atoms with E-state index in [1.54, 1.807) is 11.3 Å². The van der Waals surface area contributed by atoms with Gasteiger partial charge in [0.2, 0.25) is 0 Å². The molecule has 142 valence electrons. The maximum Gasteiger partial charge on any atom is 0.146 e. The van der Waals surface area contributed by atoms with Crippen LogP contribution in [0.1, 0.15) is 46.8 Å². The van der Waals surface area contributed by atoms with Crippen molar-refractivity contribution in [3.63, 3.8) is 0 Å². The molecule has 6 nitrogen and oxygen atoms in total. The van der Waals surface area contributed by atoms with E-state index >= 15 is 0 Å². The summed E-state index contributed by atoms with van der Waals surface area (Å²) in [5.74, 6) is 1.97. The van der Waals surface area contributed by atoms with Gasteiger partial charge in [-0.05, 0) is 70.2 Å². The highest BCUT2D eigenvalue weighted by atomic mass is 32.1. The molecule has 0 radical (unpaired) electrons. The van der Waals surface area contributed by atoms with Crippen molar-refractivity contribution in [2.24, 2.45) is 0 Å². The van der Waals surface area contributed by atoms with Crippen LogP contribution in [0, 0.1) is 13.8 Å². The van der Waals surface area contributed by atoms with E-state index < -0.39 is 0 Å². The fourth-order valence-corrected chi connectivity index (χ4v) is 5.39. The zero-order valence-corrected chi connectivity index (χ0v) is 16.8. The first-order chi connectivity index (χ1) is 13.2. The van der Waals surface area contributed by atoms with Crippen LogP contribution in [0.5, 0.6) is 0 Å². The van der Waals surface area contributed by atoms with Crippen molar-refractivity contribution < 1.29 is 0 Å². The predicted octanol–water partition coefficient (Wildman–Crippen LogP) is 3.60. The van der Waals surface area contributed by atoms with Crippen molar-refractivity contribution >= 4 is 27.4 Å². The normalized spacial score (nSPS) is 20.3. The number of nitrogens with one attached hydrogen (secondary N) is 2. The molecule has 0 spiro atoms. The summed E-state index contributed by atoms with van der Waals surface area (Å²) in [5.41, 5.74) is 3.93. The predicted molar refractivity (Wildman–Crippen MR) is 109 cm³/mol. The Morgan fingerprint density at radius 2 is 2.11 bits per heavy atom. The standard InChI is InChI=1S/C20H26N6S/c1-12-13(2)27-20-18(12)19(23-17(24-20)11-26-7-3-4-8-26)22-15-5-6-16-14(9-15)10-21-25-16/h10,15H,3-9,11H2,1-2H3,(H,21,25)(H,22,23,24). The Kier molecular flexibility index (Phi) is 4.36. The van der Waals surface area contributed by atoms with Gasteiger partial charge < -0.3 is 5.32 Å². The molecule has 0 aromatic carbocycles. The molecule has 3 aromatic rings. The zero-order valence-electron chi connectivity index (χ0n) is 16.0. The summed E-state index contributed by atoms with van der Waals surface area (Å²) in [5, 5.41) is 12.3. The van der Waals surface area contributed by atoms with Crippen LogP contribution in [0.4, 0.5) is 5.82 Å². The largest absolute Gasteiger partial charge is 0.366 e. The number of hydrogen-bond acceptors (Lipinski definition) is 6. The topological polar surface area (TPSA) is 69.7 Å². The third kappa shape index (κ3) is 3.23. The number of likely N-dealkylation sites (tertiary alicyclic amines) is 1. The minimum Gasteiger partial charge on any atom is -0.366 e. The number of aromatic nitrogens is 4. The van der Waals surface area contributed by atoms with Gasteiger partial charge in [0.05, 0.1) is 18.1 Å². The second-order valence-electron chi connectivity index (χ2n) is 7.89. The summed E-state index contributed by atoms with van der Waals surface area (Å²) in [6, 6.07) is 0.396. The van der Waals surface area contributed by atoms with E-state index in [-0.39, 0.29) is 0 Å². The van der Waals surface area contributed by atoms with Crippen LogP contribution >= 0.6 is 11.3 Å². The monoisotopic (exact) mass is 382 g/mol. The highest BCUT2D eigenvalue weighted by Crippen LogP contribution is 2.34. The van der Waals surface area contributed by atoms with Gasteiger partial charge in [0, 0.05) is 16.6 Å². The summed E-state index contributed by atoms with van der Waals surface area (Å²) < 4.78 is 0. The Labute approximate surface area is 163 Å². The highest BCUT2D eigenvalue weighted by Gasteiger charge is 2.23. The number of aryl methyl sites for hydroxylation is 3. The molecule has 0 saturated carbocycles. The van der Waals surface area contributed by atoms with Crippen LogP contribution in [-0.2, 0) is 19.4 Å². The Hall–Kier alpha value is -1.99. The Bertz CT molecular complexity index is 968. The summed E-state index contributed by atoms with van der Waals surface area (Å²) >= 11 is 1.79. The van der Waals surface area contributed by atoms with Crippen LogP contribution in [0.3, 0.4) is 0 Å². The van der Waals surface area contributed by atoms with Gasteiger partial charge in [-0.2, -0.15) is 5.10 Å². The quantitative estimate of drug-likeness (QED) is 0.722. The molecule has 0 bridgehead atoms. The van der Waals surface area contributed by atoms with Crippen molar-refractivity contribution in [3.8, 4) is 0 Å². The van der Waals surface area contributed by atoms with Crippen LogP contribution in [-0.4, -0.2) is 44.2 Å². The van der Waals surface area contributed by atoms with Crippen molar-refractivity contribution in [2.75, 3.05) is 18.4 Å². The van der Waals surface area contributed by atoms with Crippen molar-refractivity contribution in [1.29, 1.82) is 0 Å². The smallest absolute Gasteiger partial charge is 0.146 e. The lowest BCUT2D eigenvalue weighted by Crippen LogP contribution is -2.28. The molecule has 2 aliphatic rings. The molecule has 4 heterocycles. The number of thiophene rings is 1. The SMILES string of the molecule is Cc1sc2nc(CN3CCCC3)nc(NC3CCc4[nH]ncc4C3)c2c1C. The fourth-order valence-electron chi connectivity index (χ4n) is 4.34. The number of hydrogen-bond donors (Lipinski definition) is 2. The summed E-state index contributed by atoms with van der Waals surface area (Å²) in [6.07, 6.45) is 7.70. The minimum absolute atomic E-state index is 0.396. The van der Waals surface area contributed by atoms with Crippen LogP contribution in [0.2, 0.25) is 0 Å². The second kappa shape index (κ2) is 6.87. The van der Waals surface area contributed by atoms with Gasteiger partial charge in [0.1, 0.15) is 16.5 Å². The van der Waals surface area contributed by atoms with Gasteiger partial charge in [-0.15, -0.1) is 11.3 Å². The number of anilines is 1. The molecule has 3 aromatic heterocycles. The van der Waals surface area contributed by atoms with Crippen molar-refractivity contribution in [3.05, 3.63) is 33.7 Å². The highest BCUT2D eigenvalue weighted by molar-refractivity contribution is 7.18. The van der Waals surface area contributed by atoms with Crippen molar-refractivity contribution in [1.82, 2.24) is 25.1 Å². The Balaban J connectivity index is 1.47. The molecular weight excluding hydrogens is 356 g/mol. The molecule has 1 aliphatic carbocycles. The molecule has 1 unspecified atom stereocenters. The molecular formula is C20H26N6S. The van der Waals surface area contributed by atoms with Gasteiger partial charge in [-0.25, -0.2) is 9.97 Å². The Morgan fingerprint density at radius 1 is 1.26 bits per heavy atom. The second-order valence-corrected chi connectivity index (χ2v) is 9.10. The minimum atomic E-state index is 0.396. The first-order valence-corrected chi connectivity index (χ1v) is 10.8. The molecule has 1 fully saturated rings. The van der Waals surface area contributed by atoms with E-state index in [0.29, 0.717) is 6.04 Å². The van der Waals surface area contributed by atoms with Crippen LogP contribution in [0.25, 0.3) is 10.2 Å². The lowest BCUT2D eigenvalue weighted by atomic mass is 9.93. The van der Waals surface area contributed by atoms with E-state index in [4.69, 9.17) is 9.97 Å². The zero-order chi connectivity index (χ0) is 18.4. The van der Waals surface area contributed by atoms with Gasteiger partial charge in [-0.3, -0.25) is 10.00 Å². The molecule has 27 heavy (non-hydrogen) atoms. The van der Waals surface area contributed by atoms with Gasteiger partial charge in [-0.1, -0.05) is 0 Å². The summed E-state index contributed by atoms with van der Waals surface area (Å²) in [7, 11) is 0. The number of aromatic amines is 1. The lowest BCUT2D eigenvalue weighted by Gasteiger charge is -2.24. The average molecular weight is 383 g/mol. The number of nitrogens with zero attached hydrogens (tertiary/aromatic N) is 4. The average Bonchev–Trinajstić information content (AvgIpc) is 3.37. The van der Waals surface area contributed by atoms with E-state index in [1.807, 2.05) is 6.20 Å². The maximum atomic E-state index is 5.00. The van der Waals surface area contributed by atoms with E-state index in [2.05, 4.69) is 34.3 Å². The summed E-state index contributed by atoms with van der Waals surface area (Å²) in [6.45, 7) is 7.57. The fraction of sp³-hybridized carbons (Fsp3) is 0.550. The first kappa shape index (κ1) is 17.1. The van der Waals surface area contributed by atoms with Gasteiger partial charge in [0.15, 0.2) is 0 Å². The molecule has 2 N–H and O–H groups in total. The van der Waals surface area contributed by atoms with E-state index in [9.17, 15) is 0 Å². The number of H-pyrrole nitrogens is 1. The van der Waals surface area contributed by atoms with Crippen molar-refractivity contribution in [2.45, 2.75) is 58.5 Å². The molecule has 1 atom stereocenters. The number of rotatable bonds is 4. The number of fused-ring (bicyclic) bond motifs is 2. The van der Waals surface area contributed by atoms with Gasteiger partial charge in [0.25, 0.3) is 0 Å². The van der Waals surface area contributed by atoms with Crippen LogP contribution in [0.15, 0.2) is 6.20 Å². The van der Waals surface area contributed by atoms with Gasteiger partial charge >= 0.3 is 0 Å². The van der Waals surface area contributed by atoms with E-state index in [1.165, 1.54) is 53.0 Å². The third-order valence-electron chi connectivity index (χ3n) is 6.00. The Morgan fingerprint density at radius 3 is 2.96 bits per heavy atom. The van der Waals surface area contributed by atoms with Crippen LogP contribution < -0.4 is 5.32 Å². The van der Waals surface area contributed by atoms with E-state index in [0.717, 1.165) is 42.3 Å². The molecule has 7 heteroatoms. The molecule has 5 rings (SSSR count).